The predicted molar refractivity (Wildman–Crippen MR) is 56.4 cm³/mol. The van der Waals surface area contributed by atoms with Crippen molar-refractivity contribution < 1.29 is 9.53 Å². The fraction of sp³-hybridized carbons (Fsp3) is 0.909. The number of ether oxygens (including phenoxy) is 1. The van der Waals surface area contributed by atoms with E-state index in [0.717, 1.165) is 51.6 Å². The van der Waals surface area contributed by atoms with Gasteiger partial charge in [0, 0.05) is 26.6 Å². The number of nitrogens with zero attached hydrogens (tertiary/aromatic N) is 1. The van der Waals surface area contributed by atoms with E-state index in [1.165, 1.54) is 0 Å². The molecule has 0 aromatic rings. The quantitative estimate of drug-likeness (QED) is 0.479. The van der Waals surface area contributed by atoms with Gasteiger partial charge in [-0.05, 0) is 32.2 Å². The van der Waals surface area contributed by atoms with E-state index in [4.69, 9.17) is 4.74 Å². The molecule has 0 bridgehead atoms. The molecule has 0 N–H and O–H groups in total. The second kappa shape index (κ2) is 6.96. The molecule has 0 radical (unpaired) electrons. The van der Waals surface area contributed by atoms with Gasteiger partial charge in [0.15, 0.2) is 0 Å². The monoisotopic (exact) mass is 199 g/mol. The maximum atomic E-state index is 10.1. The number of likely N-dealkylation sites (tertiary alicyclic amines) is 1. The minimum atomic E-state index is 0.473. The van der Waals surface area contributed by atoms with Gasteiger partial charge in [0.1, 0.15) is 6.29 Å². The van der Waals surface area contributed by atoms with Crippen molar-refractivity contribution in [2.45, 2.75) is 38.2 Å². The van der Waals surface area contributed by atoms with E-state index in [1.54, 1.807) is 7.11 Å². The normalized spacial score (nSPS) is 19.8. The Kier molecular flexibility index (Phi) is 5.80. The van der Waals surface area contributed by atoms with Crippen LogP contribution in [-0.2, 0) is 9.53 Å². The average Bonchev–Trinajstić information content (AvgIpc) is 2.25. The van der Waals surface area contributed by atoms with Gasteiger partial charge in [-0.1, -0.05) is 0 Å². The van der Waals surface area contributed by atoms with Gasteiger partial charge in [-0.15, -0.1) is 0 Å². The number of hydrogen-bond acceptors (Lipinski definition) is 3. The SMILES string of the molecule is COC1CCN(CCCCC=O)CC1. The maximum absolute atomic E-state index is 10.1. The first-order valence-corrected chi connectivity index (χ1v) is 5.55. The molecule has 14 heavy (non-hydrogen) atoms. The van der Waals surface area contributed by atoms with Crippen LogP contribution in [0.25, 0.3) is 0 Å². The van der Waals surface area contributed by atoms with Gasteiger partial charge in [-0.3, -0.25) is 0 Å². The molecule has 1 aliphatic heterocycles. The van der Waals surface area contributed by atoms with E-state index in [2.05, 4.69) is 4.90 Å². The predicted octanol–water partition coefficient (Wildman–Crippen LogP) is 1.47. The van der Waals surface area contributed by atoms with Crippen molar-refractivity contribution in [3.8, 4) is 0 Å². The number of carbonyl (C=O) groups is 1. The highest BCUT2D eigenvalue weighted by atomic mass is 16.5. The summed E-state index contributed by atoms with van der Waals surface area (Å²) in [6.07, 6.45) is 6.70. The van der Waals surface area contributed by atoms with Crippen LogP contribution in [-0.4, -0.2) is 44.0 Å². The van der Waals surface area contributed by atoms with Gasteiger partial charge in [0.05, 0.1) is 6.10 Å². The zero-order chi connectivity index (χ0) is 10.2. The Morgan fingerprint density at radius 3 is 2.64 bits per heavy atom. The summed E-state index contributed by atoms with van der Waals surface area (Å²) in [5.41, 5.74) is 0. The molecule has 0 unspecified atom stereocenters. The van der Waals surface area contributed by atoms with Crippen molar-refractivity contribution in [1.29, 1.82) is 0 Å². The highest BCUT2D eigenvalue weighted by Crippen LogP contribution is 2.13. The second-order valence-corrected chi connectivity index (χ2v) is 3.94. The first-order valence-electron chi connectivity index (χ1n) is 5.55. The van der Waals surface area contributed by atoms with E-state index < -0.39 is 0 Å². The Hall–Kier alpha value is -0.410. The Morgan fingerprint density at radius 1 is 1.36 bits per heavy atom. The van der Waals surface area contributed by atoms with Gasteiger partial charge in [-0.25, -0.2) is 0 Å². The summed E-state index contributed by atoms with van der Waals surface area (Å²) >= 11 is 0. The number of unbranched alkanes of at least 4 members (excludes halogenated alkanes) is 2. The van der Waals surface area contributed by atoms with Gasteiger partial charge in [0.2, 0.25) is 0 Å². The topological polar surface area (TPSA) is 29.5 Å². The smallest absolute Gasteiger partial charge is 0.119 e. The number of methoxy groups -OCH3 is 1. The fourth-order valence-corrected chi connectivity index (χ4v) is 1.93. The van der Waals surface area contributed by atoms with Gasteiger partial charge in [0.25, 0.3) is 0 Å². The van der Waals surface area contributed by atoms with E-state index >= 15 is 0 Å². The molecule has 1 fully saturated rings. The van der Waals surface area contributed by atoms with E-state index in [-0.39, 0.29) is 0 Å². The molecule has 3 nitrogen and oxygen atoms in total. The summed E-state index contributed by atoms with van der Waals surface area (Å²) in [7, 11) is 1.80. The minimum Gasteiger partial charge on any atom is -0.381 e. The zero-order valence-electron chi connectivity index (χ0n) is 9.08. The molecule has 1 heterocycles. The number of aldehydes is 1. The van der Waals surface area contributed by atoms with Crippen LogP contribution in [0.4, 0.5) is 0 Å². The average molecular weight is 199 g/mol. The summed E-state index contributed by atoms with van der Waals surface area (Å²) in [6.45, 7) is 3.45. The van der Waals surface area contributed by atoms with Crippen LogP contribution in [0.1, 0.15) is 32.1 Å². The highest BCUT2D eigenvalue weighted by molar-refractivity contribution is 5.48. The lowest BCUT2D eigenvalue weighted by Gasteiger charge is -2.31. The maximum Gasteiger partial charge on any atom is 0.119 e. The fourth-order valence-electron chi connectivity index (χ4n) is 1.93. The number of hydrogen-bond donors (Lipinski definition) is 0. The van der Waals surface area contributed by atoms with E-state index in [0.29, 0.717) is 12.5 Å². The Labute approximate surface area is 86.4 Å². The Bertz CT molecular complexity index is 153. The third-order valence-corrected chi connectivity index (χ3v) is 2.91. The lowest BCUT2D eigenvalue weighted by molar-refractivity contribution is -0.107. The minimum absolute atomic E-state index is 0.473. The highest BCUT2D eigenvalue weighted by Gasteiger charge is 2.17. The molecular weight excluding hydrogens is 178 g/mol. The largest absolute Gasteiger partial charge is 0.381 e. The summed E-state index contributed by atoms with van der Waals surface area (Å²) < 4.78 is 5.31. The van der Waals surface area contributed by atoms with E-state index in [1.807, 2.05) is 0 Å². The third-order valence-electron chi connectivity index (χ3n) is 2.91. The lowest BCUT2D eigenvalue weighted by atomic mass is 10.1. The van der Waals surface area contributed by atoms with Gasteiger partial charge in [-0.2, -0.15) is 0 Å². The van der Waals surface area contributed by atoms with E-state index in [9.17, 15) is 4.79 Å². The van der Waals surface area contributed by atoms with Crippen LogP contribution in [0.2, 0.25) is 0 Å². The summed E-state index contributed by atoms with van der Waals surface area (Å²) in [5.74, 6) is 0. The second-order valence-electron chi connectivity index (χ2n) is 3.94. The van der Waals surface area contributed by atoms with Crippen molar-refractivity contribution in [2.24, 2.45) is 0 Å². The first-order chi connectivity index (χ1) is 6.86. The first kappa shape index (κ1) is 11.7. The molecule has 0 amide bonds. The molecule has 1 aliphatic rings. The lowest BCUT2D eigenvalue weighted by Crippen LogP contribution is -2.37. The van der Waals surface area contributed by atoms with Gasteiger partial charge < -0.3 is 14.4 Å². The zero-order valence-corrected chi connectivity index (χ0v) is 9.08. The Morgan fingerprint density at radius 2 is 2.07 bits per heavy atom. The summed E-state index contributed by atoms with van der Waals surface area (Å²) in [6, 6.07) is 0. The molecule has 3 heteroatoms. The number of rotatable bonds is 6. The molecule has 0 atom stereocenters. The molecule has 1 saturated heterocycles. The molecule has 0 aliphatic carbocycles. The Balaban J connectivity index is 2.01. The van der Waals surface area contributed by atoms with Crippen molar-refractivity contribution in [3.63, 3.8) is 0 Å². The number of piperidine rings is 1. The van der Waals surface area contributed by atoms with Crippen molar-refractivity contribution in [3.05, 3.63) is 0 Å². The standard InChI is InChI=1S/C11H21NO2/c1-14-11-5-8-12(9-6-11)7-3-2-4-10-13/h10-11H,2-9H2,1H3. The van der Waals surface area contributed by atoms with Gasteiger partial charge >= 0.3 is 0 Å². The molecular formula is C11H21NO2. The van der Waals surface area contributed by atoms with Crippen molar-refractivity contribution in [1.82, 2.24) is 4.90 Å². The van der Waals surface area contributed by atoms with Crippen LogP contribution in [0.3, 0.4) is 0 Å². The van der Waals surface area contributed by atoms with Crippen molar-refractivity contribution >= 4 is 6.29 Å². The van der Waals surface area contributed by atoms with Crippen LogP contribution in [0.5, 0.6) is 0 Å². The summed E-state index contributed by atoms with van der Waals surface area (Å²) in [5, 5.41) is 0. The van der Waals surface area contributed by atoms with Crippen LogP contribution in [0, 0.1) is 0 Å². The molecule has 0 aromatic carbocycles. The van der Waals surface area contributed by atoms with Crippen LogP contribution in [0.15, 0.2) is 0 Å². The molecule has 0 spiro atoms. The third kappa shape index (κ3) is 4.20. The van der Waals surface area contributed by atoms with Crippen molar-refractivity contribution in [2.75, 3.05) is 26.7 Å². The van der Waals surface area contributed by atoms with Crippen LogP contribution < -0.4 is 0 Å². The summed E-state index contributed by atoms with van der Waals surface area (Å²) in [4.78, 5) is 12.6. The molecule has 0 aromatic heterocycles. The number of carbonyl (C=O) groups excluding carboxylic acids is 1. The molecule has 82 valence electrons. The molecule has 1 rings (SSSR count). The molecule has 0 saturated carbocycles. The van der Waals surface area contributed by atoms with Crippen LogP contribution >= 0.6 is 0 Å².